The first-order chi connectivity index (χ1) is 9.45. The molecule has 0 aliphatic carbocycles. The van der Waals surface area contributed by atoms with Gasteiger partial charge in [0, 0.05) is 0 Å². The van der Waals surface area contributed by atoms with Gasteiger partial charge in [0.15, 0.2) is 0 Å². The van der Waals surface area contributed by atoms with E-state index in [0.717, 1.165) is 0 Å². The number of rotatable bonds is 6. The van der Waals surface area contributed by atoms with Crippen LogP contribution in [0.5, 0.6) is 0 Å². The van der Waals surface area contributed by atoms with Crippen LogP contribution in [0.3, 0.4) is 0 Å². The second-order valence-electron chi connectivity index (χ2n) is 4.56. The highest BCUT2D eigenvalue weighted by molar-refractivity contribution is 6.37. The van der Waals surface area contributed by atoms with E-state index in [-0.39, 0.29) is 20.4 Å². The van der Waals surface area contributed by atoms with Crippen LogP contribution in [0.25, 0.3) is 12.2 Å². The van der Waals surface area contributed by atoms with E-state index in [1.54, 1.807) is 0 Å². The number of hydrogen-bond acceptors (Lipinski definition) is 0. The minimum atomic E-state index is 0.00594. The molecule has 2 aromatic carbocycles. The molecular weight excluding hydrogens is 241 g/mol. The smallest absolute Gasteiger partial charge is 0.128 e. The van der Waals surface area contributed by atoms with Crippen LogP contribution >= 0.6 is 0 Å². The van der Waals surface area contributed by atoms with Crippen molar-refractivity contribution in [2.24, 2.45) is 0 Å². The Kier molecular flexibility index (Phi) is 6.48. The fourth-order valence-electron chi connectivity index (χ4n) is 1.92. The summed E-state index contributed by atoms with van der Waals surface area (Å²) < 4.78 is 2.54. The molecule has 0 nitrogen and oxygen atoms in total. The summed E-state index contributed by atoms with van der Waals surface area (Å²) in [6.45, 7) is 0. The predicted molar refractivity (Wildman–Crippen MR) is 86.3 cm³/mol. The molecule has 0 bridgehead atoms. The fourth-order valence-corrected chi connectivity index (χ4v) is 2.96. The third-order valence-corrected chi connectivity index (χ3v) is 4.44. The van der Waals surface area contributed by atoms with E-state index in [1.165, 1.54) is 20.2 Å². The summed E-state index contributed by atoms with van der Waals surface area (Å²) in [5.41, 5.74) is 2.60. The second kappa shape index (κ2) is 8.73. The molecule has 0 atom stereocenters. The predicted octanol–water partition coefficient (Wildman–Crippen LogP) is 4.95. The Bertz CT molecular complexity index is 462. The first kappa shape index (κ1) is 14.1. The quantitative estimate of drug-likeness (QED) is 0.508. The molecule has 0 aliphatic rings. The molecule has 92 valence electrons. The molecule has 0 aliphatic heterocycles. The number of hydrogen-bond donors (Lipinski definition) is 0. The van der Waals surface area contributed by atoms with Gasteiger partial charge in [-0.1, -0.05) is 72.8 Å². The molecule has 0 aromatic heterocycles. The summed E-state index contributed by atoms with van der Waals surface area (Å²) in [5.74, 6) is 0. The molecule has 0 unspecified atom stereocenters. The average molecular weight is 259 g/mol. The Morgan fingerprint density at radius 3 is 1.47 bits per heavy atom. The first-order valence-corrected chi connectivity index (χ1v) is 8.88. The third-order valence-electron chi connectivity index (χ3n) is 2.96. The molecule has 0 saturated carbocycles. The highest BCUT2D eigenvalue weighted by atomic mass is 24.5. The van der Waals surface area contributed by atoms with E-state index < -0.39 is 0 Å². The molecule has 0 amide bonds. The molecule has 1 heteroatoms. The van der Waals surface area contributed by atoms with Gasteiger partial charge in [-0.25, -0.2) is 0 Å². The van der Waals surface area contributed by atoms with Crippen molar-refractivity contribution in [2.45, 2.75) is 9.10 Å². The van der Waals surface area contributed by atoms with Crippen molar-refractivity contribution < 1.29 is 0 Å². The highest BCUT2D eigenvalue weighted by Crippen LogP contribution is 2.04. The van der Waals surface area contributed by atoms with Crippen molar-refractivity contribution in [3.8, 4) is 0 Å². The summed E-state index contributed by atoms with van der Waals surface area (Å²) in [6, 6.07) is 21.0. The Hall–Kier alpha value is -1.31. The topological polar surface area (TPSA) is 0 Å². The van der Waals surface area contributed by atoms with Crippen LogP contribution in [0.15, 0.2) is 72.8 Å². The number of benzene rings is 2. The van der Waals surface area contributed by atoms with Crippen molar-refractivity contribution in [1.29, 1.82) is 0 Å². The standard InChI is InChI=1S/2C9H9.Mg/c2*1-2-6-9-7-4-3-5-8-9;/h2*2-8H,1H2;/b2*6-2+;. The van der Waals surface area contributed by atoms with E-state index in [4.69, 9.17) is 0 Å². The lowest BCUT2D eigenvalue weighted by molar-refractivity contribution is 1.58. The summed E-state index contributed by atoms with van der Waals surface area (Å²) >= 11 is 0.00594. The van der Waals surface area contributed by atoms with Gasteiger partial charge < -0.3 is 0 Å². The summed E-state index contributed by atoms with van der Waals surface area (Å²) in [4.78, 5) is 0. The van der Waals surface area contributed by atoms with E-state index >= 15 is 0 Å². The molecule has 0 spiro atoms. The maximum atomic E-state index is 2.32. The third kappa shape index (κ3) is 5.91. The lowest BCUT2D eigenvalue weighted by Crippen LogP contribution is -1.82. The second-order valence-corrected chi connectivity index (χ2v) is 6.42. The van der Waals surface area contributed by atoms with Gasteiger partial charge in [0.1, 0.15) is 0 Å². The van der Waals surface area contributed by atoms with Crippen molar-refractivity contribution >= 4 is 32.5 Å². The van der Waals surface area contributed by atoms with Crippen molar-refractivity contribution in [1.82, 2.24) is 0 Å². The largest absolute Gasteiger partial charge is 0.375 e. The normalized spacial score (nSPS) is 10.9. The van der Waals surface area contributed by atoms with Crippen LogP contribution in [-0.4, -0.2) is 20.4 Å². The van der Waals surface area contributed by atoms with Gasteiger partial charge in [0.25, 0.3) is 0 Å². The Balaban J connectivity index is 1.65. The van der Waals surface area contributed by atoms with Crippen LogP contribution in [0.4, 0.5) is 0 Å². The summed E-state index contributed by atoms with van der Waals surface area (Å²) in [5, 5.41) is 0. The molecule has 0 heterocycles. The van der Waals surface area contributed by atoms with Crippen LogP contribution in [0, 0.1) is 0 Å². The molecule has 0 N–H and O–H groups in total. The van der Waals surface area contributed by atoms with Gasteiger partial charge in [-0.15, -0.1) is 21.3 Å². The maximum absolute atomic E-state index is 2.32. The van der Waals surface area contributed by atoms with Gasteiger partial charge in [-0.05, 0) is 11.1 Å². The van der Waals surface area contributed by atoms with Gasteiger partial charge >= 0.3 is 20.4 Å². The Labute approximate surface area is 125 Å². The monoisotopic (exact) mass is 258 g/mol. The zero-order valence-corrected chi connectivity index (χ0v) is 12.6. The fraction of sp³-hybridized carbons (Fsp3) is 0.111. The van der Waals surface area contributed by atoms with E-state index in [9.17, 15) is 0 Å². The average Bonchev–Trinajstić information content (AvgIpc) is 2.48. The van der Waals surface area contributed by atoms with Gasteiger partial charge in [0.05, 0.1) is 0 Å². The first-order valence-electron chi connectivity index (χ1n) is 6.88. The van der Waals surface area contributed by atoms with Crippen LogP contribution in [0.1, 0.15) is 11.1 Å². The molecule has 19 heavy (non-hydrogen) atoms. The van der Waals surface area contributed by atoms with Gasteiger partial charge in [-0.3, -0.25) is 0 Å². The van der Waals surface area contributed by atoms with Crippen molar-refractivity contribution in [3.05, 3.63) is 83.9 Å². The van der Waals surface area contributed by atoms with Gasteiger partial charge in [-0.2, -0.15) is 0 Å². The van der Waals surface area contributed by atoms with Crippen molar-refractivity contribution in [3.63, 3.8) is 0 Å². The Morgan fingerprint density at radius 2 is 1.05 bits per heavy atom. The van der Waals surface area contributed by atoms with E-state index in [1.807, 2.05) is 0 Å². The molecular formula is C18H18Mg. The van der Waals surface area contributed by atoms with Crippen LogP contribution in [-0.2, 0) is 0 Å². The lowest BCUT2D eigenvalue weighted by Gasteiger charge is -1.92. The van der Waals surface area contributed by atoms with Crippen LogP contribution < -0.4 is 0 Å². The van der Waals surface area contributed by atoms with Crippen molar-refractivity contribution in [2.75, 3.05) is 0 Å². The lowest BCUT2D eigenvalue weighted by atomic mass is 10.2. The van der Waals surface area contributed by atoms with Crippen LogP contribution in [0.2, 0.25) is 9.10 Å². The molecule has 0 radical (unpaired) electrons. The summed E-state index contributed by atoms with van der Waals surface area (Å²) in [7, 11) is 0. The van der Waals surface area contributed by atoms with E-state index in [0.29, 0.717) is 0 Å². The highest BCUT2D eigenvalue weighted by Gasteiger charge is 1.90. The van der Waals surface area contributed by atoms with Gasteiger partial charge in [0.2, 0.25) is 0 Å². The molecule has 2 rings (SSSR count). The number of allylic oxidation sites excluding steroid dienone is 2. The molecule has 0 saturated heterocycles. The maximum Gasteiger partial charge on any atom is 0.375 e. The molecule has 0 fully saturated rings. The van der Waals surface area contributed by atoms with E-state index in [2.05, 4.69) is 85.0 Å². The minimum Gasteiger partial charge on any atom is -0.128 e. The zero-order valence-electron chi connectivity index (χ0n) is 11.2. The SMILES string of the molecule is C(=C\c1ccccc1)/[CH2][Mg][CH2]/C=C/c1ccccc1. The summed E-state index contributed by atoms with van der Waals surface area (Å²) in [6.07, 6.45) is 9.09. The molecule has 2 aromatic rings. The minimum absolute atomic E-state index is 0.00594. The Morgan fingerprint density at radius 1 is 0.632 bits per heavy atom. The zero-order chi connectivity index (χ0) is 13.2.